The van der Waals surface area contributed by atoms with E-state index < -0.39 is 0 Å². The smallest absolute Gasteiger partial charge is 0.155 e. The van der Waals surface area contributed by atoms with Crippen molar-refractivity contribution in [3.63, 3.8) is 0 Å². The van der Waals surface area contributed by atoms with Crippen molar-refractivity contribution in [1.82, 2.24) is 24.7 Å². The van der Waals surface area contributed by atoms with Gasteiger partial charge in [-0.1, -0.05) is 23.7 Å². The van der Waals surface area contributed by atoms with Gasteiger partial charge in [-0.25, -0.2) is 15.0 Å². The lowest BCUT2D eigenvalue weighted by atomic mass is 10.0. The van der Waals surface area contributed by atoms with Gasteiger partial charge in [0.2, 0.25) is 0 Å². The van der Waals surface area contributed by atoms with Gasteiger partial charge in [-0.3, -0.25) is 4.68 Å². The molecule has 0 atom stereocenters. The highest BCUT2D eigenvalue weighted by Gasteiger charge is 2.11. The molecule has 136 valence electrons. The van der Waals surface area contributed by atoms with Crippen LogP contribution in [-0.4, -0.2) is 31.8 Å². The number of aromatic nitrogens is 5. The van der Waals surface area contributed by atoms with Gasteiger partial charge in [-0.2, -0.15) is 5.10 Å². The van der Waals surface area contributed by atoms with Crippen LogP contribution in [0.4, 0.5) is 0 Å². The van der Waals surface area contributed by atoms with Crippen LogP contribution in [0.2, 0.25) is 5.15 Å². The molecule has 0 N–H and O–H groups in total. The van der Waals surface area contributed by atoms with Crippen LogP contribution in [0.15, 0.2) is 49.1 Å². The van der Waals surface area contributed by atoms with Crippen molar-refractivity contribution >= 4 is 22.5 Å². The molecule has 0 fully saturated rings. The Balaban J connectivity index is 1.66. The lowest BCUT2D eigenvalue weighted by Crippen LogP contribution is -2.00. The fourth-order valence-electron chi connectivity index (χ4n) is 2.97. The van der Waals surface area contributed by atoms with Crippen molar-refractivity contribution in [1.29, 1.82) is 0 Å². The Morgan fingerprint density at radius 1 is 1.11 bits per heavy atom. The summed E-state index contributed by atoms with van der Waals surface area (Å²) in [6.07, 6.45) is 7.84. The number of aryl methyl sites for hydroxylation is 1. The Morgan fingerprint density at radius 3 is 2.78 bits per heavy atom. The summed E-state index contributed by atoms with van der Waals surface area (Å²) in [5.41, 5.74) is 3.78. The minimum absolute atomic E-state index is 0.381. The third kappa shape index (κ3) is 3.48. The summed E-state index contributed by atoms with van der Waals surface area (Å²) < 4.78 is 7.50. The molecule has 0 unspecified atom stereocenters. The van der Waals surface area contributed by atoms with E-state index in [4.69, 9.17) is 16.3 Å². The zero-order valence-electron chi connectivity index (χ0n) is 15.1. The van der Waals surface area contributed by atoms with Gasteiger partial charge in [0.25, 0.3) is 0 Å². The molecule has 3 heterocycles. The van der Waals surface area contributed by atoms with E-state index in [1.54, 1.807) is 19.5 Å². The van der Waals surface area contributed by atoms with E-state index >= 15 is 0 Å². The first-order valence-electron chi connectivity index (χ1n) is 8.64. The number of methoxy groups -OCH3 is 1. The van der Waals surface area contributed by atoms with E-state index in [1.807, 2.05) is 35.3 Å². The number of nitrogens with zero attached hydrogens (tertiary/aromatic N) is 5. The summed E-state index contributed by atoms with van der Waals surface area (Å²) in [6, 6.07) is 7.96. The van der Waals surface area contributed by atoms with Gasteiger partial charge in [0.05, 0.1) is 13.3 Å². The molecular weight excluding hydrogens is 362 g/mol. The van der Waals surface area contributed by atoms with Crippen LogP contribution in [0.5, 0.6) is 5.75 Å². The summed E-state index contributed by atoms with van der Waals surface area (Å²) in [4.78, 5) is 13.1. The molecule has 0 radical (unpaired) electrons. The topological polar surface area (TPSA) is 65.7 Å². The van der Waals surface area contributed by atoms with Crippen LogP contribution in [0.25, 0.3) is 22.0 Å². The molecule has 0 aliphatic rings. The Morgan fingerprint density at radius 2 is 2.00 bits per heavy atom. The van der Waals surface area contributed by atoms with Crippen LogP contribution in [-0.2, 0) is 13.0 Å². The summed E-state index contributed by atoms with van der Waals surface area (Å²) >= 11 is 6.16. The van der Waals surface area contributed by atoms with Crippen molar-refractivity contribution in [2.45, 2.75) is 19.9 Å². The van der Waals surface area contributed by atoms with E-state index in [2.05, 4.69) is 33.0 Å². The van der Waals surface area contributed by atoms with E-state index in [0.717, 1.165) is 34.4 Å². The van der Waals surface area contributed by atoms with E-state index in [0.29, 0.717) is 22.9 Å². The van der Waals surface area contributed by atoms with Crippen molar-refractivity contribution < 1.29 is 4.74 Å². The molecule has 0 bridgehead atoms. The molecule has 27 heavy (non-hydrogen) atoms. The second kappa shape index (κ2) is 7.32. The highest BCUT2D eigenvalue weighted by Crippen LogP contribution is 2.28. The van der Waals surface area contributed by atoms with Gasteiger partial charge in [-0.05, 0) is 24.6 Å². The van der Waals surface area contributed by atoms with Gasteiger partial charge in [0.15, 0.2) is 5.15 Å². The SMILES string of the molecule is CCn1cc(-c2ccc(Cc3ncc4ccnc(Cl)c4n3)c(OC)c2)cn1. The third-order valence-corrected chi connectivity index (χ3v) is 4.71. The number of ether oxygens (including phenoxy) is 1. The maximum absolute atomic E-state index is 6.16. The average Bonchev–Trinajstić information content (AvgIpc) is 3.18. The first-order valence-corrected chi connectivity index (χ1v) is 9.01. The minimum Gasteiger partial charge on any atom is -0.496 e. The molecule has 7 heteroatoms. The molecule has 4 rings (SSSR count). The molecule has 0 spiro atoms. The molecule has 6 nitrogen and oxygen atoms in total. The molecule has 1 aromatic carbocycles. The Hall–Kier alpha value is -2.99. The zero-order chi connectivity index (χ0) is 18.8. The maximum atomic E-state index is 6.16. The van der Waals surface area contributed by atoms with E-state index in [9.17, 15) is 0 Å². The van der Waals surface area contributed by atoms with Crippen LogP contribution in [0, 0.1) is 0 Å². The highest BCUT2D eigenvalue weighted by atomic mass is 35.5. The van der Waals surface area contributed by atoms with Gasteiger partial charge >= 0.3 is 0 Å². The first kappa shape index (κ1) is 17.4. The predicted molar refractivity (Wildman–Crippen MR) is 105 cm³/mol. The molecule has 0 amide bonds. The van der Waals surface area contributed by atoms with Crippen molar-refractivity contribution in [2.24, 2.45) is 0 Å². The molecule has 0 saturated carbocycles. The Labute approximate surface area is 161 Å². The molecular formula is C20H18ClN5O. The number of halogens is 1. The summed E-state index contributed by atoms with van der Waals surface area (Å²) in [7, 11) is 1.67. The fraction of sp³-hybridized carbons (Fsp3) is 0.200. The molecule has 3 aromatic heterocycles. The Kier molecular flexibility index (Phi) is 4.73. The van der Waals surface area contributed by atoms with Crippen LogP contribution < -0.4 is 4.74 Å². The van der Waals surface area contributed by atoms with Crippen molar-refractivity contribution in [3.8, 4) is 16.9 Å². The number of hydrogen-bond acceptors (Lipinski definition) is 5. The predicted octanol–water partition coefficient (Wildman–Crippen LogP) is 4.16. The van der Waals surface area contributed by atoms with Crippen LogP contribution in [0.1, 0.15) is 18.3 Å². The monoisotopic (exact) mass is 379 g/mol. The van der Waals surface area contributed by atoms with Gasteiger partial charge < -0.3 is 4.74 Å². The molecule has 0 saturated heterocycles. The number of benzene rings is 1. The second-order valence-electron chi connectivity index (χ2n) is 6.11. The van der Waals surface area contributed by atoms with E-state index in [-0.39, 0.29) is 0 Å². The fourth-order valence-corrected chi connectivity index (χ4v) is 3.18. The summed E-state index contributed by atoms with van der Waals surface area (Å²) in [5, 5.41) is 5.58. The number of pyridine rings is 1. The van der Waals surface area contributed by atoms with Crippen LogP contribution >= 0.6 is 11.6 Å². The summed E-state index contributed by atoms with van der Waals surface area (Å²) in [5.74, 6) is 1.46. The number of rotatable bonds is 5. The van der Waals surface area contributed by atoms with Gasteiger partial charge in [0, 0.05) is 48.1 Å². The second-order valence-corrected chi connectivity index (χ2v) is 6.47. The normalized spacial score (nSPS) is 11.1. The molecule has 0 aliphatic heterocycles. The molecule has 4 aromatic rings. The standard InChI is InChI=1S/C20H18ClN5O/c1-3-26-12-16(11-24-26)13-4-5-14(17(8-13)27-2)9-18-23-10-15-6-7-22-20(21)19(15)25-18/h4-8,10-12H,3,9H2,1-2H3. The van der Waals surface area contributed by atoms with E-state index in [1.165, 1.54) is 0 Å². The van der Waals surface area contributed by atoms with Gasteiger partial charge in [-0.15, -0.1) is 0 Å². The lowest BCUT2D eigenvalue weighted by Gasteiger charge is -2.10. The molecule has 0 aliphatic carbocycles. The van der Waals surface area contributed by atoms with Crippen LogP contribution in [0.3, 0.4) is 0 Å². The number of fused-ring (bicyclic) bond motifs is 1. The highest BCUT2D eigenvalue weighted by molar-refractivity contribution is 6.33. The Bertz CT molecular complexity index is 1110. The van der Waals surface area contributed by atoms with Gasteiger partial charge in [0.1, 0.15) is 17.1 Å². The largest absolute Gasteiger partial charge is 0.496 e. The third-order valence-electron chi connectivity index (χ3n) is 4.43. The quantitative estimate of drug-likeness (QED) is 0.487. The summed E-state index contributed by atoms with van der Waals surface area (Å²) in [6.45, 7) is 2.90. The average molecular weight is 380 g/mol. The van der Waals surface area contributed by atoms with Crippen molar-refractivity contribution in [2.75, 3.05) is 7.11 Å². The maximum Gasteiger partial charge on any atom is 0.155 e. The number of hydrogen-bond donors (Lipinski definition) is 0. The zero-order valence-corrected chi connectivity index (χ0v) is 15.8. The first-order chi connectivity index (χ1) is 13.2. The van der Waals surface area contributed by atoms with Crippen molar-refractivity contribution in [3.05, 3.63) is 65.6 Å². The minimum atomic E-state index is 0.381. The lowest BCUT2D eigenvalue weighted by molar-refractivity contribution is 0.410.